The molecule has 4 aromatic rings. The number of halogens is 3. The number of para-hydroxylation sites is 1. The lowest BCUT2D eigenvalue weighted by Gasteiger charge is -2.19. The fourth-order valence-corrected chi connectivity index (χ4v) is 3.43. The summed E-state index contributed by atoms with van der Waals surface area (Å²) in [4.78, 5) is 17.2. The highest BCUT2D eigenvalue weighted by molar-refractivity contribution is 5.43. The summed E-state index contributed by atoms with van der Waals surface area (Å²) < 4.78 is 43.2. The maximum atomic E-state index is 13.3. The van der Waals surface area contributed by atoms with Crippen molar-refractivity contribution in [2.75, 3.05) is 0 Å². The van der Waals surface area contributed by atoms with Crippen LogP contribution in [0.2, 0.25) is 0 Å². The van der Waals surface area contributed by atoms with Gasteiger partial charge in [-0.1, -0.05) is 18.2 Å². The molecule has 0 aliphatic carbocycles. The Balaban J connectivity index is 1.82. The molecule has 0 aliphatic rings. The van der Waals surface area contributed by atoms with Crippen molar-refractivity contribution in [2.24, 2.45) is 0 Å². The summed E-state index contributed by atoms with van der Waals surface area (Å²) >= 11 is 0. The lowest BCUT2D eigenvalue weighted by atomic mass is 9.98. The highest BCUT2D eigenvalue weighted by atomic mass is 19.4. The van der Waals surface area contributed by atoms with Crippen LogP contribution in [0.3, 0.4) is 0 Å². The molecule has 1 unspecified atom stereocenters. The van der Waals surface area contributed by atoms with Crippen molar-refractivity contribution in [3.63, 3.8) is 0 Å². The molecular weight excluding hydrogens is 427 g/mol. The lowest BCUT2D eigenvalue weighted by molar-refractivity contribution is -0.274. The highest BCUT2D eigenvalue weighted by Gasteiger charge is 2.31. The molecule has 0 saturated carbocycles. The summed E-state index contributed by atoms with van der Waals surface area (Å²) in [7, 11) is 0. The largest absolute Gasteiger partial charge is 0.573 e. The van der Waals surface area contributed by atoms with Gasteiger partial charge < -0.3 is 14.9 Å². The van der Waals surface area contributed by atoms with Crippen LogP contribution in [0.25, 0.3) is 5.69 Å². The van der Waals surface area contributed by atoms with E-state index in [0.717, 1.165) is 16.7 Å². The van der Waals surface area contributed by atoms with Gasteiger partial charge in [-0.05, 0) is 48.0 Å². The van der Waals surface area contributed by atoms with E-state index in [1.54, 1.807) is 30.3 Å². The summed E-state index contributed by atoms with van der Waals surface area (Å²) in [6.45, 7) is 0. The number of hydrogen-bond donors (Lipinski definition) is 2. The first-order chi connectivity index (χ1) is 15.2. The van der Waals surface area contributed by atoms with E-state index in [4.69, 9.17) is 0 Å². The minimum absolute atomic E-state index is 0.0536. The molecule has 2 aromatic heterocycles. The van der Waals surface area contributed by atoms with Crippen LogP contribution >= 0.6 is 0 Å². The van der Waals surface area contributed by atoms with Crippen molar-refractivity contribution in [3.05, 3.63) is 101 Å². The van der Waals surface area contributed by atoms with Crippen LogP contribution in [0.15, 0.2) is 84.0 Å². The summed E-state index contributed by atoms with van der Waals surface area (Å²) in [6.07, 6.45) is -0.591. The van der Waals surface area contributed by atoms with E-state index in [9.17, 15) is 28.2 Å². The van der Waals surface area contributed by atoms with E-state index >= 15 is 0 Å². The number of phenols is 1. The van der Waals surface area contributed by atoms with E-state index in [1.165, 1.54) is 41.4 Å². The smallest absolute Gasteiger partial charge is 0.508 e. The molecule has 1 atom stereocenters. The summed E-state index contributed by atoms with van der Waals surface area (Å²) in [5.74, 6) is -0.951. The Morgan fingerprint density at radius 2 is 1.59 bits per heavy atom. The first-order valence-corrected chi connectivity index (χ1v) is 9.31. The fraction of sp³-hybridized carbons (Fsp3) is 0.0909. The maximum absolute atomic E-state index is 13.3. The van der Waals surface area contributed by atoms with Gasteiger partial charge in [-0.3, -0.25) is 9.55 Å². The number of aromatic hydroxyl groups is 2. The quantitative estimate of drug-likeness (QED) is 0.487. The van der Waals surface area contributed by atoms with Crippen LogP contribution in [0.5, 0.6) is 17.4 Å². The molecule has 32 heavy (non-hydrogen) atoms. The summed E-state index contributed by atoms with van der Waals surface area (Å²) in [5, 5.41) is 20.9. The Morgan fingerprint density at radius 1 is 0.938 bits per heavy atom. The highest BCUT2D eigenvalue weighted by Crippen LogP contribution is 2.33. The molecule has 2 heterocycles. The molecular formula is C22H16F3N3O4. The number of aromatic nitrogens is 3. The first kappa shape index (κ1) is 21.0. The fourth-order valence-electron chi connectivity index (χ4n) is 3.43. The SMILES string of the molecule is O=c1n(C(c2ccncc2)c2ccccc2O)cc(O)n1-c1ccc(OC(F)(F)F)cc1. The van der Waals surface area contributed by atoms with E-state index in [0.29, 0.717) is 11.1 Å². The summed E-state index contributed by atoms with van der Waals surface area (Å²) in [6, 6.07) is 13.5. The van der Waals surface area contributed by atoms with Gasteiger partial charge in [-0.2, -0.15) is 0 Å². The predicted octanol–water partition coefficient (Wildman–Crippen LogP) is 3.98. The zero-order chi connectivity index (χ0) is 22.9. The standard InChI is InChI=1S/C22H16F3N3O4/c23-22(24,25)32-16-7-5-15(6-8-16)28-19(30)13-27(21(28)31)20(14-9-11-26-12-10-14)17-3-1-2-4-18(17)29/h1-13,20,29-30H. The number of benzene rings is 2. The normalized spacial score (nSPS) is 12.5. The van der Waals surface area contributed by atoms with Gasteiger partial charge in [-0.25, -0.2) is 9.36 Å². The third-order valence-electron chi connectivity index (χ3n) is 4.76. The van der Waals surface area contributed by atoms with Gasteiger partial charge in [0.05, 0.1) is 17.9 Å². The number of alkyl halides is 3. The molecule has 0 saturated heterocycles. The third-order valence-corrected chi connectivity index (χ3v) is 4.76. The van der Waals surface area contributed by atoms with Crippen molar-refractivity contribution >= 4 is 0 Å². The average molecular weight is 443 g/mol. The monoisotopic (exact) mass is 443 g/mol. The van der Waals surface area contributed by atoms with Crippen LogP contribution in [0.1, 0.15) is 17.2 Å². The van der Waals surface area contributed by atoms with E-state index in [2.05, 4.69) is 9.72 Å². The van der Waals surface area contributed by atoms with Gasteiger partial charge in [-0.15, -0.1) is 13.2 Å². The van der Waals surface area contributed by atoms with Crippen molar-refractivity contribution < 1.29 is 28.1 Å². The lowest BCUT2D eigenvalue weighted by Crippen LogP contribution is -2.28. The molecule has 0 fully saturated rings. The van der Waals surface area contributed by atoms with Crippen LogP contribution in [-0.2, 0) is 0 Å². The van der Waals surface area contributed by atoms with Crippen LogP contribution in [-0.4, -0.2) is 30.7 Å². The predicted molar refractivity (Wildman–Crippen MR) is 108 cm³/mol. The number of phenolic OH excluding ortho intramolecular Hbond substituents is 1. The van der Waals surface area contributed by atoms with Gasteiger partial charge in [0.1, 0.15) is 11.5 Å². The molecule has 7 nitrogen and oxygen atoms in total. The van der Waals surface area contributed by atoms with Crippen molar-refractivity contribution in [1.82, 2.24) is 14.1 Å². The molecule has 10 heteroatoms. The van der Waals surface area contributed by atoms with E-state index in [-0.39, 0.29) is 11.4 Å². The maximum Gasteiger partial charge on any atom is 0.573 e. The third kappa shape index (κ3) is 4.15. The van der Waals surface area contributed by atoms with E-state index in [1.807, 2.05) is 0 Å². The second-order valence-corrected chi connectivity index (χ2v) is 6.80. The Bertz CT molecular complexity index is 1280. The minimum atomic E-state index is -4.85. The Kier molecular flexibility index (Phi) is 5.35. The number of ether oxygens (including phenoxy) is 1. The molecule has 2 N–H and O–H groups in total. The van der Waals surface area contributed by atoms with E-state index < -0.39 is 29.7 Å². The Morgan fingerprint density at radius 3 is 2.22 bits per heavy atom. The zero-order valence-electron chi connectivity index (χ0n) is 16.3. The molecule has 0 radical (unpaired) electrons. The summed E-state index contributed by atoms with van der Waals surface area (Å²) in [5.41, 5.74) is 0.491. The second-order valence-electron chi connectivity index (χ2n) is 6.80. The Labute approximate surface area is 179 Å². The van der Waals surface area contributed by atoms with Gasteiger partial charge in [0.25, 0.3) is 0 Å². The molecule has 0 spiro atoms. The number of rotatable bonds is 5. The van der Waals surface area contributed by atoms with Crippen LogP contribution in [0, 0.1) is 0 Å². The zero-order valence-corrected chi connectivity index (χ0v) is 16.3. The number of imidazole rings is 1. The minimum Gasteiger partial charge on any atom is -0.508 e. The first-order valence-electron chi connectivity index (χ1n) is 9.31. The Hall–Kier alpha value is -4.21. The topological polar surface area (TPSA) is 89.5 Å². The molecule has 164 valence electrons. The van der Waals surface area contributed by atoms with Crippen molar-refractivity contribution in [2.45, 2.75) is 12.4 Å². The molecule has 0 bridgehead atoms. The van der Waals surface area contributed by atoms with Gasteiger partial charge in [0.2, 0.25) is 5.88 Å². The van der Waals surface area contributed by atoms with Crippen molar-refractivity contribution in [3.8, 4) is 23.1 Å². The van der Waals surface area contributed by atoms with Crippen molar-refractivity contribution in [1.29, 1.82) is 0 Å². The van der Waals surface area contributed by atoms with Crippen LogP contribution in [0.4, 0.5) is 13.2 Å². The van der Waals surface area contributed by atoms with Crippen LogP contribution < -0.4 is 10.4 Å². The van der Waals surface area contributed by atoms with Gasteiger partial charge >= 0.3 is 12.1 Å². The molecule has 0 aliphatic heterocycles. The molecule has 2 aromatic carbocycles. The second kappa shape index (κ2) is 8.14. The van der Waals surface area contributed by atoms with Gasteiger partial charge in [0.15, 0.2) is 0 Å². The number of hydrogen-bond acceptors (Lipinski definition) is 5. The molecule has 0 amide bonds. The molecule has 4 rings (SSSR count). The number of pyridine rings is 1. The number of nitrogens with zero attached hydrogens (tertiary/aromatic N) is 3. The van der Waals surface area contributed by atoms with Gasteiger partial charge in [0, 0.05) is 18.0 Å². The average Bonchev–Trinajstić information content (AvgIpc) is 3.04.